The summed E-state index contributed by atoms with van der Waals surface area (Å²) in [6, 6.07) is 1.67. The molecule has 4 aliphatic rings. The van der Waals surface area contributed by atoms with Gasteiger partial charge in [0.2, 0.25) is 20.9 Å². The van der Waals surface area contributed by atoms with E-state index in [-0.39, 0.29) is 16.6 Å². The standard InChI is InChI=1S/C18H25N3O3S/c1-25(23,24)17-19-5-4-15(20-17)2-3-16(22)21-18-9-12-6-13(10-18)8-14(7-12)11-18/h4-5,12-14H,2-3,6-11H2,1H3,(H,21,22). The maximum atomic E-state index is 12.5. The number of aromatic nitrogens is 2. The first-order valence-electron chi connectivity index (χ1n) is 9.14. The van der Waals surface area contributed by atoms with Gasteiger partial charge in [-0.3, -0.25) is 4.79 Å². The monoisotopic (exact) mass is 363 g/mol. The highest BCUT2D eigenvalue weighted by Gasteiger charge is 2.51. The Balaban J connectivity index is 1.37. The second-order valence-electron chi connectivity index (χ2n) is 8.35. The highest BCUT2D eigenvalue weighted by molar-refractivity contribution is 7.90. The van der Waals surface area contributed by atoms with Crippen molar-refractivity contribution in [3.05, 3.63) is 18.0 Å². The van der Waals surface area contributed by atoms with Crippen LogP contribution < -0.4 is 5.32 Å². The van der Waals surface area contributed by atoms with Crippen molar-refractivity contribution in [3.8, 4) is 0 Å². The Kier molecular flexibility index (Phi) is 4.09. The average Bonchev–Trinajstić information content (AvgIpc) is 2.50. The lowest BCUT2D eigenvalue weighted by molar-refractivity contribution is -0.126. The predicted octanol–water partition coefficient (Wildman–Crippen LogP) is 1.90. The molecule has 1 heterocycles. The molecule has 0 unspecified atom stereocenters. The minimum absolute atomic E-state index is 0.0232. The molecule has 4 fully saturated rings. The van der Waals surface area contributed by atoms with Crippen LogP contribution in [0.5, 0.6) is 0 Å². The second kappa shape index (κ2) is 6.04. The highest BCUT2D eigenvalue weighted by Crippen LogP contribution is 2.55. The first-order valence-corrected chi connectivity index (χ1v) is 11.0. The van der Waals surface area contributed by atoms with Gasteiger partial charge in [-0.05, 0) is 68.8 Å². The molecule has 25 heavy (non-hydrogen) atoms. The van der Waals surface area contributed by atoms with E-state index in [1.165, 1.54) is 25.5 Å². The third-order valence-corrected chi connectivity index (χ3v) is 6.93. The summed E-state index contributed by atoms with van der Waals surface area (Å²) in [4.78, 5) is 20.4. The van der Waals surface area contributed by atoms with Crippen molar-refractivity contribution < 1.29 is 13.2 Å². The summed E-state index contributed by atoms with van der Waals surface area (Å²) in [5.41, 5.74) is 0.617. The van der Waals surface area contributed by atoms with Gasteiger partial charge in [0, 0.05) is 30.1 Å². The van der Waals surface area contributed by atoms with Crippen LogP contribution in [0, 0.1) is 17.8 Å². The van der Waals surface area contributed by atoms with Crippen LogP contribution in [0.15, 0.2) is 17.4 Å². The smallest absolute Gasteiger partial charge is 0.246 e. The van der Waals surface area contributed by atoms with Crippen LogP contribution in [-0.2, 0) is 21.1 Å². The van der Waals surface area contributed by atoms with Crippen molar-refractivity contribution in [2.24, 2.45) is 17.8 Å². The molecule has 0 atom stereocenters. The van der Waals surface area contributed by atoms with E-state index in [0.29, 0.717) is 18.5 Å². The Labute approximate surface area is 148 Å². The summed E-state index contributed by atoms with van der Waals surface area (Å²) in [5.74, 6) is 2.45. The van der Waals surface area contributed by atoms with Gasteiger partial charge >= 0.3 is 0 Å². The van der Waals surface area contributed by atoms with Gasteiger partial charge < -0.3 is 5.32 Å². The molecule has 0 aliphatic heterocycles. The molecule has 4 saturated carbocycles. The van der Waals surface area contributed by atoms with E-state index in [9.17, 15) is 13.2 Å². The molecule has 1 N–H and O–H groups in total. The molecule has 1 amide bonds. The normalized spacial score (nSPS) is 33.4. The molecule has 0 spiro atoms. The largest absolute Gasteiger partial charge is 0.351 e. The Morgan fingerprint density at radius 2 is 1.80 bits per heavy atom. The van der Waals surface area contributed by atoms with E-state index in [1.807, 2.05) is 0 Å². The summed E-state index contributed by atoms with van der Waals surface area (Å²) in [5, 5.41) is 3.16. The number of nitrogens with one attached hydrogen (secondary N) is 1. The molecule has 0 radical (unpaired) electrons. The van der Waals surface area contributed by atoms with Gasteiger partial charge in [-0.25, -0.2) is 18.4 Å². The zero-order valence-electron chi connectivity index (χ0n) is 14.6. The lowest BCUT2D eigenvalue weighted by Crippen LogP contribution is -2.59. The molecule has 6 nitrogen and oxygen atoms in total. The van der Waals surface area contributed by atoms with Crippen LogP contribution in [0.3, 0.4) is 0 Å². The maximum Gasteiger partial charge on any atom is 0.246 e. The van der Waals surface area contributed by atoms with Crippen molar-refractivity contribution in [2.45, 2.75) is 62.1 Å². The molecule has 0 aromatic carbocycles. The van der Waals surface area contributed by atoms with Crippen molar-refractivity contribution in [1.82, 2.24) is 15.3 Å². The van der Waals surface area contributed by atoms with Gasteiger partial charge in [-0.15, -0.1) is 0 Å². The molecule has 136 valence electrons. The van der Waals surface area contributed by atoms with E-state index >= 15 is 0 Å². The number of amides is 1. The molecular formula is C18H25N3O3S. The van der Waals surface area contributed by atoms with Crippen molar-refractivity contribution in [2.75, 3.05) is 6.26 Å². The van der Waals surface area contributed by atoms with Crippen LogP contribution in [0.4, 0.5) is 0 Å². The maximum absolute atomic E-state index is 12.5. The van der Waals surface area contributed by atoms with Crippen LogP contribution in [0.25, 0.3) is 0 Å². The van der Waals surface area contributed by atoms with Gasteiger partial charge in [0.15, 0.2) is 0 Å². The van der Waals surface area contributed by atoms with Gasteiger partial charge in [0.1, 0.15) is 0 Å². The first-order chi connectivity index (χ1) is 11.8. The van der Waals surface area contributed by atoms with Crippen LogP contribution in [0.1, 0.15) is 50.6 Å². The van der Waals surface area contributed by atoms with E-state index < -0.39 is 9.84 Å². The summed E-state index contributed by atoms with van der Waals surface area (Å²) in [6.45, 7) is 0. The molecule has 1 aromatic heterocycles. The first kappa shape index (κ1) is 16.9. The number of aryl methyl sites for hydroxylation is 1. The Morgan fingerprint density at radius 3 is 2.36 bits per heavy atom. The molecule has 0 saturated heterocycles. The second-order valence-corrected chi connectivity index (χ2v) is 10.3. The fourth-order valence-electron chi connectivity index (χ4n) is 5.56. The van der Waals surface area contributed by atoms with Crippen molar-refractivity contribution in [1.29, 1.82) is 0 Å². The SMILES string of the molecule is CS(=O)(=O)c1nccc(CCC(=O)NC23CC4CC(CC(C4)C2)C3)n1. The van der Waals surface area contributed by atoms with E-state index in [2.05, 4.69) is 15.3 Å². The number of hydrogen-bond acceptors (Lipinski definition) is 5. The van der Waals surface area contributed by atoms with Crippen molar-refractivity contribution >= 4 is 15.7 Å². The van der Waals surface area contributed by atoms with Gasteiger partial charge in [0.05, 0.1) is 0 Å². The summed E-state index contributed by atoms with van der Waals surface area (Å²) >= 11 is 0. The molecule has 1 aromatic rings. The van der Waals surface area contributed by atoms with Crippen LogP contribution in [-0.4, -0.2) is 36.1 Å². The van der Waals surface area contributed by atoms with Gasteiger partial charge in [-0.2, -0.15) is 0 Å². The topological polar surface area (TPSA) is 89.0 Å². The number of nitrogens with zero attached hydrogens (tertiary/aromatic N) is 2. The third kappa shape index (κ3) is 3.57. The number of carbonyl (C=O) groups excluding carboxylic acids is 1. The molecule has 5 rings (SSSR count). The molecule has 4 aliphatic carbocycles. The highest BCUT2D eigenvalue weighted by atomic mass is 32.2. The fraction of sp³-hybridized carbons (Fsp3) is 0.722. The molecule has 4 bridgehead atoms. The fourth-order valence-corrected chi connectivity index (χ4v) is 6.09. The minimum atomic E-state index is -3.42. The third-order valence-electron chi connectivity index (χ3n) is 6.07. The van der Waals surface area contributed by atoms with Crippen LogP contribution in [0.2, 0.25) is 0 Å². The lowest BCUT2D eigenvalue weighted by Gasteiger charge is -2.56. The Morgan fingerprint density at radius 1 is 1.20 bits per heavy atom. The zero-order chi connectivity index (χ0) is 17.7. The van der Waals surface area contributed by atoms with E-state index in [4.69, 9.17) is 0 Å². The zero-order valence-corrected chi connectivity index (χ0v) is 15.4. The average molecular weight is 363 g/mol. The van der Waals surface area contributed by atoms with E-state index in [1.54, 1.807) is 6.07 Å². The van der Waals surface area contributed by atoms with Gasteiger partial charge in [0.25, 0.3) is 0 Å². The summed E-state index contributed by atoms with van der Waals surface area (Å²) in [6.07, 6.45) is 10.8. The Bertz CT molecular complexity index is 755. The lowest BCUT2D eigenvalue weighted by atomic mass is 9.53. The predicted molar refractivity (Wildman–Crippen MR) is 92.5 cm³/mol. The van der Waals surface area contributed by atoms with Gasteiger partial charge in [-0.1, -0.05) is 0 Å². The quantitative estimate of drug-likeness (QED) is 0.807. The number of rotatable bonds is 5. The van der Waals surface area contributed by atoms with Crippen LogP contribution >= 0.6 is 0 Å². The number of carbonyl (C=O) groups is 1. The van der Waals surface area contributed by atoms with Crippen molar-refractivity contribution in [3.63, 3.8) is 0 Å². The number of sulfone groups is 1. The van der Waals surface area contributed by atoms with E-state index in [0.717, 1.165) is 43.3 Å². The Hall–Kier alpha value is -1.50. The molecule has 7 heteroatoms. The minimum Gasteiger partial charge on any atom is -0.351 e. The molecular weight excluding hydrogens is 338 g/mol. The summed E-state index contributed by atoms with van der Waals surface area (Å²) < 4.78 is 23.1. The number of hydrogen-bond donors (Lipinski definition) is 1. The summed E-state index contributed by atoms with van der Waals surface area (Å²) in [7, 11) is -3.42.